The van der Waals surface area contributed by atoms with Crippen molar-refractivity contribution >= 4 is 6.41 Å². The van der Waals surface area contributed by atoms with Crippen LogP contribution in [0.25, 0.3) is 0 Å². The van der Waals surface area contributed by atoms with Crippen LogP contribution < -0.4 is 5.32 Å². The van der Waals surface area contributed by atoms with E-state index in [4.69, 9.17) is 0 Å². The molecule has 0 radical (unpaired) electrons. The molecular weight excluding hydrogens is 128 g/mol. The van der Waals surface area contributed by atoms with Crippen molar-refractivity contribution in [1.29, 1.82) is 0 Å². The molecule has 10 heavy (non-hydrogen) atoms. The van der Waals surface area contributed by atoms with Crippen LogP contribution in [0.2, 0.25) is 0 Å². The van der Waals surface area contributed by atoms with Crippen LogP contribution in [0.1, 0.15) is 20.8 Å². The largest absolute Gasteiger partial charge is 0.336 e. The predicted octanol–water partition coefficient (Wildman–Crippen LogP) is 0.420. The lowest BCUT2D eigenvalue weighted by molar-refractivity contribution is -0.117. The average Bonchev–Trinajstić information content (AvgIpc) is 1.81. The first-order valence-corrected chi connectivity index (χ1v) is 3.36. The van der Waals surface area contributed by atoms with E-state index in [1.165, 1.54) is 0 Å². The minimum absolute atomic E-state index is 0.0806. The van der Waals surface area contributed by atoms with Gasteiger partial charge in [0.25, 0.3) is 0 Å². The van der Waals surface area contributed by atoms with Gasteiger partial charge in [-0.05, 0) is 20.8 Å². The standard InChI is InChI=1S/C7H16N2O/c1-7(2,3)8-5-9(4)6-10/h6,8H,5H2,1-4H3. The Bertz CT molecular complexity index is 107. The van der Waals surface area contributed by atoms with Crippen LogP contribution in [0.5, 0.6) is 0 Å². The minimum Gasteiger partial charge on any atom is -0.336 e. The molecule has 0 fully saturated rings. The molecule has 0 bridgehead atoms. The number of nitrogens with zero attached hydrogens (tertiary/aromatic N) is 1. The fourth-order valence-corrected chi connectivity index (χ4v) is 0.399. The minimum atomic E-state index is 0.0806. The summed E-state index contributed by atoms with van der Waals surface area (Å²) in [5.41, 5.74) is 0.0806. The zero-order chi connectivity index (χ0) is 8.20. The molecule has 0 aromatic carbocycles. The van der Waals surface area contributed by atoms with Gasteiger partial charge in [-0.15, -0.1) is 0 Å². The van der Waals surface area contributed by atoms with E-state index in [1.54, 1.807) is 11.9 Å². The van der Waals surface area contributed by atoms with Gasteiger partial charge in [-0.1, -0.05) is 0 Å². The van der Waals surface area contributed by atoms with Crippen molar-refractivity contribution in [3.05, 3.63) is 0 Å². The number of hydrogen-bond donors (Lipinski definition) is 1. The molecule has 0 rings (SSSR count). The first-order chi connectivity index (χ1) is 4.45. The summed E-state index contributed by atoms with van der Waals surface area (Å²) in [6.45, 7) is 6.79. The van der Waals surface area contributed by atoms with Crippen LogP contribution >= 0.6 is 0 Å². The lowest BCUT2D eigenvalue weighted by Gasteiger charge is -2.23. The molecule has 3 nitrogen and oxygen atoms in total. The molecule has 1 N–H and O–H groups in total. The quantitative estimate of drug-likeness (QED) is 0.460. The van der Waals surface area contributed by atoms with E-state index in [2.05, 4.69) is 26.1 Å². The highest BCUT2D eigenvalue weighted by Gasteiger charge is 2.07. The number of amides is 1. The third-order valence-electron chi connectivity index (χ3n) is 1.04. The van der Waals surface area contributed by atoms with E-state index in [1.807, 2.05) is 0 Å². The lowest BCUT2D eigenvalue weighted by Crippen LogP contribution is -2.42. The zero-order valence-electron chi connectivity index (χ0n) is 7.14. The third-order valence-corrected chi connectivity index (χ3v) is 1.04. The second-order valence-electron chi connectivity index (χ2n) is 3.45. The van der Waals surface area contributed by atoms with Crippen LogP contribution in [0, 0.1) is 0 Å². The van der Waals surface area contributed by atoms with E-state index in [0.717, 1.165) is 6.41 Å². The van der Waals surface area contributed by atoms with Crippen LogP contribution in [0.4, 0.5) is 0 Å². The summed E-state index contributed by atoms with van der Waals surface area (Å²) in [4.78, 5) is 11.7. The smallest absolute Gasteiger partial charge is 0.210 e. The Morgan fingerprint density at radius 3 is 2.30 bits per heavy atom. The lowest BCUT2D eigenvalue weighted by atomic mass is 10.1. The van der Waals surface area contributed by atoms with Gasteiger partial charge in [0.05, 0.1) is 6.67 Å². The SMILES string of the molecule is CN(C=O)CNC(C)(C)C. The molecule has 0 unspecified atom stereocenters. The van der Waals surface area contributed by atoms with Crippen molar-refractivity contribution in [2.45, 2.75) is 26.3 Å². The molecule has 0 aliphatic carbocycles. The van der Waals surface area contributed by atoms with Crippen molar-refractivity contribution in [3.63, 3.8) is 0 Å². The number of nitrogens with one attached hydrogen (secondary N) is 1. The van der Waals surface area contributed by atoms with E-state index in [0.29, 0.717) is 6.67 Å². The second kappa shape index (κ2) is 3.56. The summed E-state index contributed by atoms with van der Waals surface area (Å²) < 4.78 is 0. The summed E-state index contributed by atoms with van der Waals surface area (Å²) in [5.74, 6) is 0. The van der Waals surface area contributed by atoms with Crippen molar-refractivity contribution < 1.29 is 4.79 Å². The third kappa shape index (κ3) is 5.56. The average molecular weight is 144 g/mol. The second-order valence-corrected chi connectivity index (χ2v) is 3.45. The molecule has 0 spiro atoms. The molecule has 1 amide bonds. The maximum atomic E-state index is 10.1. The van der Waals surface area contributed by atoms with E-state index in [-0.39, 0.29) is 5.54 Å². The van der Waals surface area contributed by atoms with E-state index < -0.39 is 0 Å². The predicted molar refractivity (Wildman–Crippen MR) is 41.6 cm³/mol. The number of carbonyl (C=O) groups is 1. The van der Waals surface area contributed by atoms with Gasteiger partial charge in [0.1, 0.15) is 0 Å². The molecule has 0 heterocycles. The fraction of sp³-hybridized carbons (Fsp3) is 0.857. The molecular formula is C7H16N2O. The summed E-state index contributed by atoms with van der Waals surface area (Å²) in [6, 6.07) is 0. The molecule has 0 aliphatic heterocycles. The Morgan fingerprint density at radius 1 is 1.50 bits per heavy atom. The topological polar surface area (TPSA) is 32.3 Å². The van der Waals surface area contributed by atoms with Gasteiger partial charge in [0.15, 0.2) is 0 Å². The molecule has 60 valence electrons. The first-order valence-electron chi connectivity index (χ1n) is 3.36. The number of hydrogen-bond acceptors (Lipinski definition) is 2. The van der Waals surface area contributed by atoms with Gasteiger partial charge < -0.3 is 4.90 Å². The Morgan fingerprint density at radius 2 is 2.00 bits per heavy atom. The van der Waals surface area contributed by atoms with Crippen LogP contribution in [0.15, 0.2) is 0 Å². The molecule has 0 aromatic rings. The van der Waals surface area contributed by atoms with Crippen molar-refractivity contribution in [3.8, 4) is 0 Å². The Kier molecular flexibility index (Phi) is 3.36. The summed E-state index contributed by atoms with van der Waals surface area (Å²) in [5, 5.41) is 3.17. The number of carbonyl (C=O) groups excluding carboxylic acids is 1. The highest BCUT2D eigenvalue weighted by atomic mass is 16.1. The van der Waals surface area contributed by atoms with Gasteiger partial charge in [-0.2, -0.15) is 0 Å². The van der Waals surface area contributed by atoms with Crippen molar-refractivity contribution in [1.82, 2.24) is 10.2 Å². The van der Waals surface area contributed by atoms with Gasteiger partial charge >= 0.3 is 0 Å². The van der Waals surface area contributed by atoms with Gasteiger partial charge in [-0.3, -0.25) is 10.1 Å². The monoisotopic (exact) mass is 144 g/mol. The van der Waals surface area contributed by atoms with E-state index >= 15 is 0 Å². The van der Waals surface area contributed by atoms with Gasteiger partial charge in [0.2, 0.25) is 6.41 Å². The van der Waals surface area contributed by atoms with Crippen LogP contribution in [0.3, 0.4) is 0 Å². The summed E-state index contributed by atoms with van der Waals surface area (Å²) in [6.07, 6.45) is 0.804. The normalized spacial score (nSPS) is 11.2. The Labute approximate surface area is 62.4 Å². The molecule has 0 saturated heterocycles. The summed E-state index contributed by atoms with van der Waals surface area (Å²) >= 11 is 0. The highest BCUT2D eigenvalue weighted by molar-refractivity contribution is 5.45. The van der Waals surface area contributed by atoms with Crippen LogP contribution in [-0.2, 0) is 4.79 Å². The maximum absolute atomic E-state index is 10.1. The van der Waals surface area contributed by atoms with Gasteiger partial charge in [-0.25, -0.2) is 0 Å². The van der Waals surface area contributed by atoms with Crippen LogP contribution in [-0.4, -0.2) is 30.6 Å². The van der Waals surface area contributed by atoms with E-state index in [9.17, 15) is 4.79 Å². The first kappa shape index (κ1) is 9.43. The van der Waals surface area contributed by atoms with Gasteiger partial charge in [0, 0.05) is 12.6 Å². The fourth-order valence-electron chi connectivity index (χ4n) is 0.399. The van der Waals surface area contributed by atoms with Crippen molar-refractivity contribution in [2.24, 2.45) is 0 Å². The molecule has 0 aromatic heterocycles. The molecule has 0 saturated carbocycles. The number of rotatable bonds is 3. The Hall–Kier alpha value is -0.570. The maximum Gasteiger partial charge on any atom is 0.210 e. The summed E-state index contributed by atoms with van der Waals surface area (Å²) in [7, 11) is 1.74. The molecule has 0 aliphatic rings. The molecule has 3 heteroatoms. The highest BCUT2D eigenvalue weighted by Crippen LogP contribution is 1.96. The van der Waals surface area contributed by atoms with Crippen molar-refractivity contribution in [2.75, 3.05) is 13.7 Å². The zero-order valence-corrected chi connectivity index (χ0v) is 7.14. The Balaban J connectivity index is 3.45. The molecule has 0 atom stereocenters.